The highest BCUT2D eigenvalue weighted by atomic mass is 32.1. The molecule has 0 saturated carbocycles. The SMILES string of the molecule is CCCCC(CC)CNc1cc(N)c(C(=O)OCC)s1. The predicted octanol–water partition coefficient (Wildman–Crippen LogP) is 4.14. The first-order valence-electron chi connectivity index (χ1n) is 7.42. The molecule has 0 aromatic carbocycles. The summed E-state index contributed by atoms with van der Waals surface area (Å²) >= 11 is 1.37. The Morgan fingerprint density at radius 2 is 2.20 bits per heavy atom. The maximum Gasteiger partial charge on any atom is 0.350 e. The molecule has 114 valence electrons. The maximum absolute atomic E-state index is 11.7. The fourth-order valence-corrected chi connectivity index (χ4v) is 2.92. The van der Waals surface area contributed by atoms with Gasteiger partial charge in [-0.3, -0.25) is 0 Å². The van der Waals surface area contributed by atoms with Gasteiger partial charge in [-0.05, 0) is 25.3 Å². The molecule has 1 aromatic rings. The molecule has 0 aliphatic rings. The first kappa shape index (κ1) is 16.8. The lowest BCUT2D eigenvalue weighted by atomic mass is 9.99. The highest BCUT2D eigenvalue weighted by molar-refractivity contribution is 7.18. The van der Waals surface area contributed by atoms with E-state index < -0.39 is 0 Å². The molecule has 1 atom stereocenters. The van der Waals surface area contributed by atoms with Gasteiger partial charge in [-0.2, -0.15) is 0 Å². The second-order valence-corrected chi connectivity index (χ2v) is 5.97. The molecule has 5 heteroatoms. The average molecular weight is 298 g/mol. The Hall–Kier alpha value is -1.23. The van der Waals surface area contributed by atoms with E-state index in [1.165, 1.54) is 37.0 Å². The summed E-state index contributed by atoms with van der Waals surface area (Å²) < 4.78 is 4.99. The van der Waals surface area contributed by atoms with Crippen LogP contribution >= 0.6 is 11.3 Å². The van der Waals surface area contributed by atoms with E-state index in [9.17, 15) is 4.79 Å². The van der Waals surface area contributed by atoms with Crippen molar-refractivity contribution < 1.29 is 9.53 Å². The smallest absolute Gasteiger partial charge is 0.350 e. The van der Waals surface area contributed by atoms with Crippen LogP contribution in [0.5, 0.6) is 0 Å². The van der Waals surface area contributed by atoms with Gasteiger partial charge in [-0.1, -0.05) is 33.1 Å². The number of nitrogen functional groups attached to an aromatic ring is 1. The Morgan fingerprint density at radius 1 is 1.45 bits per heavy atom. The van der Waals surface area contributed by atoms with Crippen molar-refractivity contribution in [3.8, 4) is 0 Å². The molecule has 0 aliphatic heterocycles. The zero-order valence-corrected chi connectivity index (χ0v) is 13.5. The Kier molecular flexibility index (Phi) is 7.44. The highest BCUT2D eigenvalue weighted by Crippen LogP contribution is 2.30. The monoisotopic (exact) mass is 298 g/mol. The Morgan fingerprint density at radius 3 is 2.80 bits per heavy atom. The Labute approximate surface area is 125 Å². The number of carbonyl (C=O) groups excluding carboxylic acids is 1. The van der Waals surface area contributed by atoms with Crippen LogP contribution in [0.15, 0.2) is 6.07 Å². The van der Waals surface area contributed by atoms with Gasteiger partial charge in [0.25, 0.3) is 0 Å². The van der Waals surface area contributed by atoms with Crippen molar-refractivity contribution in [2.24, 2.45) is 5.92 Å². The van der Waals surface area contributed by atoms with E-state index in [4.69, 9.17) is 10.5 Å². The number of nitrogens with one attached hydrogen (secondary N) is 1. The Bertz CT molecular complexity index is 418. The number of thiophene rings is 1. The number of carbonyl (C=O) groups is 1. The molecule has 1 unspecified atom stereocenters. The van der Waals surface area contributed by atoms with E-state index >= 15 is 0 Å². The van der Waals surface area contributed by atoms with Crippen molar-refractivity contribution >= 4 is 28.0 Å². The molecule has 0 saturated heterocycles. The van der Waals surface area contributed by atoms with E-state index in [0.29, 0.717) is 23.1 Å². The number of unbranched alkanes of at least 4 members (excludes halogenated alkanes) is 1. The number of hydrogen-bond donors (Lipinski definition) is 2. The third kappa shape index (κ3) is 5.04. The van der Waals surface area contributed by atoms with E-state index in [2.05, 4.69) is 19.2 Å². The molecule has 1 aromatic heterocycles. The Balaban J connectivity index is 2.56. The molecule has 1 heterocycles. The average Bonchev–Trinajstić information content (AvgIpc) is 2.80. The molecule has 20 heavy (non-hydrogen) atoms. The van der Waals surface area contributed by atoms with Crippen LogP contribution in [0.3, 0.4) is 0 Å². The quantitative estimate of drug-likeness (QED) is 0.673. The zero-order valence-electron chi connectivity index (χ0n) is 12.7. The molecule has 0 fully saturated rings. The third-order valence-corrected chi connectivity index (χ3v) is 4.42. The fourth-order valence-electron chi connectivity index (χ4n) is 2.04. The van der Waals surface area contributed by atoms with E-state index in [-0.39, 0.29) is 5.97 Å². The van der Waals surface area contributed by atoms with Gasteiger partial charge in [0.15, 0.2) is 0 Å². The summed E-state index contributed by atoms with van der Waals surface area (Å²) in [5.74, 6) is 0.338. The largest absolute Gasteiger partial charge is 0.462 e. The summed E-state index contributed by atoms with van der Waals surface area (Å²) in [6.07, 6.45) is 4.90. The predicted molar refractivity (Wildman–Crippen MR) is 86.5 cm³/mol. The van der Waals surface area contributed by atoms with Gasteiger partial charge in [-0.15, -0.1) is 11.3 Å². The van der Waals surface area contributed by atoms with Crippen molar-refractivity contribution in [3.63, 3.8) is 0 Å². The van der Waals surface area contributed by atoms with E-state index in [1.807, 2.05) is 6.07 Å². The molecule has 0 radical (unpaired) electrons. The van der Waals surface area contributed by atoms with Gasteiger partial charge >= 0.3 is 5.97 Å². The van der Waals surface area contributed by atoms with Crippen molar-refractivity contribution in [2.45, 2.75) is 46.5 Å². The van der Waals surface area contributed by atoms with Crippen molar-refractivity contribution in [2.75, 3.05) is 24.2 Å². The molecule has 0 spiro atoms. The minimum atomic E-state index is -0.332. The van der Waals surface area contributed by atoms with Crippen LogP contribution in [0, 0.1) is 5.92 Å². The van der Waals surface area contributed by atoms with Gasteiger partial charge in [0.05, 0.1) is 17.3 Å². The minimum Gasteiger partial charge on any atom is -0.462 e. The fraction of sp³-hybridized carbons (Fsp3) is 0.667. The molecule has 0 amide bonds. The van der Waals surface area contributed by atoms with Gasteiger partial charge < -0.3 is 15.8 Å². The summed E-state index contributed by atoms with van der Waals surface area (Å²) in [6, 6.07) is 1.82. The lowest BCUT2D eigenvalue weighted by Crippen LogP contribution is -2.12. The van der Waals surface area contributed by atoms with Crippen LogP contribution in [0.25, 0.3) is 0 Å². The van der Waals surface area contributed by atoms with Crippen molar-refractivity contribution in [1.82, 2.24) is 0 Å². The molecule has 1 rings (SSSR count). The summed E-state index contributed by atoms with van der Waals surface area (Å²) in [5.41, 5.74) is 6.36. The molecular formula is C15H26N2O2S. The zero-order chi connectivity index (χ0) is 15.0. The van der Waals surface area contributed by atoms with Crippen LogP contribution in [0.4, 0.5) is 10.7 Å². The number of hydrogen-bond acceptors (Lipinski definition) is 5. The van der Waals surface area contributed by atoms with Gasteiger partial charge in [0, 0.05) is 6.54 Å². The standard InChI is InChI=1S/C15H26N2O2S/c1-4-7-8-11(5-2)10-17-13-9-12(16)14(20-13)15(18)19-6-3/h9,11,17H,4-8,10,16H2,1-3H3. The lowest BCUT2D eigenvalue weighted by Gasteiger charge is -2.14. The number of nitrogens with two attached hydrogens (primary N) is 1. The summed E-state index contributed by atoms with van der Waals surface area (Å²) in [5, 5.41) is 4.34. The lowest BCUT2D eigenvalue weighted by molar-refractivity contribution is 0.0533. The number of ether oxygens (including phenoxy) is 1. The van der Waals surface area contributed by atoms with Crippen molar-refractivity contribution in [3.05, 3.63) is 10.9 Å². The number of anilines is 2. The number of esters is 1. The van der Waals surface area contributed by atoms with Crippen LogP contribution in [0.2, 0.25) is 0 Å². The normalized spacial score (nSPS) is 12.2. The van der Waals surface area contributed by atoms with Gasteiger partial charge in [-0.25, -0.2) is 4.79 Å². The summed E-state index contributed by atoms with van der Waals surface area (Å²) in [6.45, 7) is 7.52. The summed E-state index contributed by atoms with van der Waals surface area (Å²) in [7, 11) is 0. The third-order valence-electron chi connectivity index (χ3n) is 3.33. The minimum absolute atomic E-state index is 0.332. The maximum atomic E-state index is 11.7. The van der Waals surface area contributed by atoms with Crippen LogP contribution in [-0.4, -0.2) is 19.1 Å². The van der Waals surface area contributed by atoms with E-state index in [1.54, 1.807) is 6.92 Å². The molecule has 0 aliphatic carbocycles. The van der Waals surface area contributed by atoms with Crippen molar-refractivity contribution in [1.29, 1.82) is 0 Å². The van der Waals surface area contributed by atoms with Crippen LogP contribution in [0.1, 0.15) is 56.1 Å². The number of rotatable bonds is 9. The molecule has 4 nitrogen and oxygen atoms in total. The van der Waals surface area contributed by atoms with Gasteiger partial charge in [0.1, 0.15) is 4.88 Å². The van der Waals surface area contributed by atoms with E-state index in [0.717, 1.165) is 11.5 Å². The second kappa shape index (κ2) is 8.84. The topological polar surface area (TPSA) is 64.3 Å². The van der Waals surface area contributed by atoms with Crippen LogP contribution < -0.4 is 11.1 Å². The summed E-state index contributed by atoms with van der Waals surface area (Å²) in [4.78, 5) is 12.2. The van der Waals surface area contributed by atoms with Gasteiger partial charge in [0.2, 0.25) is 0 Å². The second-order valence-electron chi connectivity index (χ2n) is 4.91. The molecule has 3 N–H and O–H groups in total. The first-order chi connectivity index (χ1) is 9.62. The van der Waals surface area contributed by atoms with Crippen LogP contribution in [-0.2, 0) is 4.74 Å². The molecular weight excluding hydrogens is 272 g/mol. The highest BCUT2D eigenvalue weighted by Gasteiger charge is 2.16. The molecule has 0 bridgehead atoms. The first-order valence-corrected chi connectivity index (χ1v) is 8.24.